The molecule has 12 nitrogen and oxygen atoms in total. The minimum absolute atomic E-state index is 0.0778. The summed E-state index contributed by atoms with van der Waals surface area (Å²) >= 11 is 0. The highest BCUT2D eigenvalue weighted by Gasteiger charge is 2.26. The first kappa shape index (κ1) is 29.9. The number of anilines is 1. The van der Waals surface area contributed by atoms with E-state index in [1.165, 1.54) is 12.1 Å². The van der Waals surface area contributed by atoms with Gasteiger partial charge in [-0.3, -0.25) is 9.79 Å². The summed E-state index contributed by atoms with van der Waals surface area (Å²) < 4.78 is 40.2. The molecule has 2 aromatic carbocycles. The number of esters is 1. The van der Waals surface area contributed by atoms with Gasteiger partial charge in [0, 0.05) is 31.2 Å². The van der Waals surface area contributed by atoms with Crippen molar-refractivity contribution in [3.8, 4) is 11.5 Å². The number of carbonyl (C=O) groups is 1. The highest BCUT2D eigenvalue weighted by Crippen LogP contribution is 2.16. The Labute approximate surface area is 228 Å². The normalized spacial score (nSPS) is 16.7. The van der Waals surface area contributed by atoms with E-state index in [1.54, 1.807) is 19.1 Å². The third kappa shape index (κ3) is 10.5. The van der Waals surface area contributed by atoms with Crippen LogP contribution < -0.4 is 20.1 Å². The summed E-state index contributed by atoms with van der Waals surface area (Å²) in [5.74, 6) is 0.568. The van der Waals surface area contributed by atoms with Crippen LogP contribution in [0, 0.1) is 0 Å². The van der Waals surface area contributed by atoms with Crippen molar-refractivity contribution in [1.29, 1.82) is 0 Å². The van der Waals surface area contributed by atoms with Crippen molar-refractivity contribution < 1.29 is 32.9 Å². The number of hydrogen-bond donors (Lipinski definition) is 5. The molecule has 0 radical (unpaired) electrons. The fourth-order valence-electron chi connectivity index (χ4n) is 3.61. The van der Waals surface area contributed by atoms with Crippen LogP contribution in [0.15, 0.2) is 57.9 Å². The van der Waals surface area contributed by atoms with Gasteiger partial charge in [-0.25, -0.2) is 4.72 Å². The number of ether oxygens (including phenoxy) is 2. The van der Waals surface area contributed by atoms with Crippen LogP contribution in [-0.2, 0) is 26.2 Å². The lowest BCUT2D eigenvalue weighted by atomic mass is 10.1. The number of benzene rings is 2. The molecule has 3 rings (SSSR count). The summed E-state index contributed by atoms with van der Waals surface area (Å²) in [6.45, 7) is 4.75. The summed E-state index contributed by atoms with van der Waals surface area (Å²) in [4.78, 5) is 15.7. The van der Waals surface area contributed by atoms with Crippen molar-refractivity contribution in [3.63, 3.8) is 0 Å². The van der Waals surface area contributed by atoms with Gasteiger partial charge in [-0.1, -0.05) is 12.1 Å². The van der Waals surface area contributed by atoms with E-state index in [-0.39, 0.29) is 49.0 Å². The summed E-state index contributed by atoms with van der Waals surface area (Å²) in [6, 6.07) is 13.8. The molecule has 1 aliphatic rings. The largest absolute Gasteiger partial charge is 0.508 e. The minimum atomic E-state index is -3.88. The molecule has 1 heterocycles. The summed E-state index contributed by atoms with van der Waals surface area (Å²) in [5, 5.41) is 25.8. The second-order valence-electron chi connectivity index (χ2n) is 8.95. The maximum Gasteiger partial charge on any atom is 0.345 e. The molecular formula is C26H35N5O7S. The van der Waals surface area contributed by atoms with Gasteiger partial charge in [-0.2, -0.15) is 8.42 Å². The lowest BCUT2D eigenvalue weighted by Gasteiger charge is -2.18. The maximum absolute atomic E-state index is 11.9. The Balaban J connectivity index is 1.44. The molecule has 0 spiro atoms. The maximum atomic E-state index is 11.9. The molecule has 0 saturated heterocycles. The van der Waals surface area contributed by atoms with E-state index in [4.69, 9.17) is 9.47 Å². The third-order valence-corrected chi connectivity index (χ3v) is 6.39. The zero-order chi connectivity index (χ0) is 28.3. The Morgan fingerprint density at radius 2 is 1.87 bits per heavy atom. The number of rotatable bonds is 14. The molecule has 212 valence electrons. The van der Waals surface area contributed by atoms with Crippen LogP contribution in [0.3, 0.4) is 0 Å². The minimum Gasteiger partial charge on any atom is -0.508 e. The highest BCUT2D eigenvalue weighted by atomic mass is 32.2. The zero-order valence-electron chi connectivity index (χ0n) is 22.0. The Hall–Kier alpha value is -3.68. The van der Waals surface area contributed by atoms with Gasteiger partial charge in [0.25, 0.3) is 0 Å². The number of nitrogens with zero attached hydrogens (tertiary/aromatic N) is 2. The average molecular weight is 562 g/mol. The zero-order valence-corrected chi connectivity index (χ0v) is 22.8. The number of aliphatic hydroxyl groups is 1. The van der Waals surface area contributed by atoms with Crippen molar-refractivity contribution in [2.24, 2.45) is 9.39 Å². The molecule has 39 heavy (non-hydrogen) atoms. The number of aromatic hydroxyl groups is 1. The Morgan fingerprint density at radius 3 is 2.56 bits per heavy atom. The second kappa shape index (κ2) is 14.5. The molecule has 2 aromatic rings. The van der Waals surface area contributed by atoms with E-state index in [9.17, 15) is 23.4 Å². The number of phenolic OH excluding ortho intramolecular Hbond substituents is 1. The SMILES string of the molecule is CCOC(=O)CCCN=C1NS(=O)(=O)N=C1Nc1ccc(CC(C)NC[C@H](O)COc2ccc(O)cc2)cc1. The first-order valence-corrected chi connectivity index (χ1v) is 14.1. The topological polar surface area (TPSA) is 171 Å². The quantitative estimate of drug-likeness (QED) is 0.170. The van der Waals surface area contributed by atoms with Gasteiger partial charge in [0.1, 0.15) is 24.2 Å². The Morgan fingerprint density at radius 1 is 1.15 bits per heavy atom. The molecule has 2 atom stereocenters. The molecule has 5 N–H and O–H groups in total. The van der Waals surface area contributed by atoms with Crippen LogP contribution >= 0.6 is 0 Å². The molecule has 0 aromatic heterocycles. The van der Waals surface area contributed by atoms with E-state index >= 15 is 0 Å². The van der Waals surface area contributed by atoms with Crippen LogP contribution in [0.1, 0.15) is 32.3 Å². The van der Waals surface area contributed by atoms with E-state index < -0.39 is 16.3 Å². The lowest BCUT2D eigenvalue weighted by molar-refractivity contribution is -0.143. The fraction of sp³-hybridized carbons (Fsp3) is 0.423. The van der Waals surface area contributed by atoms with Crippen molar-refractivity contribution in [3.05, 3.63) is 54.1 Å². The Bertz CT molecular complexity index is 1250. The van der Waals surface area contributed by atoms with E-state index in [2.05, 4.69) is 24.7 Å². The number of hydrogen-bond acceptors (Lipinski definition) is 10. The first-order chi connectivity index (χ1) is 18.6. The molecule has 0 fully saturated rings. The van der Waals surface area contributed by atoms with Crippen molar-refractivity contribution in [2.45, 2.75) is 45.3 Å². The van der Waals surface area contributed by atoms with Gasteiger partial charge in [0.2, 0.25) is 0 Å². The molecule has 13 heteroatoms. The standard InChI is InChI=1S/C26H35N5O7S/c1-3-37-24(34)5-4-14-27-25-26(31-39(35,36)30-25)29-20-8-6-19(7-9-20)15-18(2)28-16-22(33)17-38-23-12-10-21(32)11-13-23/h6-13,18,22,28,32-33H,3-5,14-17H2,1-2H3,(H,27,30)(H,29,31)/t18?,22-/m0/s1. The van der Waals surface area contributed by atoms with Gasteiger partial charge in [0.15, 0.2) is 11.7 Å². The predicted octanol–water partition coefficient (Wildman–Crippen LogP) is 1.75. The fourth-order valence-corrected chi connectivity index (χ4v) is 4.43. The summed E-state index contributed by atoms with van der Waals surface area (Å²) in [5.41, 5.74) is 1.68. The van der Waals surface area contributed by atoms with Gasteiger partial charge in [-0.05, 0) is 68.7 Å². The molecular weight excluding hydrogens is 526 g/mol. The monoisotopic (exact) mass is 561 g/mol. The summed E-state index contributed by atoms with van der Waals surface area (Å²) in [7, 11) is -3.88. The van der Waals surface area contributed by atoms with E-state index in [0.29, 0.717) is 37.4 Å². The van der Waals surface area contributed by atoms with Crippen LogP contribution in [0.25, 0.3) is 0 Å². The van der Waals surface area contributed by atoms with Crippen LogP contribution in [0.4, 0.5) is 5.69 Å². The van der Waals surface area contributed by atoms with E-state index in [1.807, 2.05) is 31.2 Å². The highest BCUT2D eigenvalue weighted by molar-refractivity contribution is 7.89. The number of nitrogens with one attached hydrogen (secondary N) is 3. The van der Waals surface area contributed by atoms with Crippen molar-refractivity contribution >= 4 is 33.5 Å². The third-order valence-electron chi connectivity index (χ3n) is 5.52. The number of phenols is 1. The van der Waals surface area contributed by atoms with Gasteiger partial charge >= 0.3 is 16.2 Å². The number of amidine groups is 2. The van der Waals surface area contributed by atoms with Gasteiger partial charge in [0.05, 0.1) is 6.61 Å². The van der Waals surface area contributed by atoms with Gasteiger partial charge in [-0.15, -0.1) is 4.40 Å². The van der Waals surface area contributed by atoms with Crippen LogP contribution in [-0.4, -0.2) is 74.7 Å². The number of carbonyl (C=O) groups excluding carboxylic acids is 1. The first-order valence-electron chi connectivity index (χ1n) is 12.7. The predicted molar refractivity (Wildman–Crippen MR) is 149 cm³/mol. The van der Waals surface area contributed by atoms with Gasteiger partial charge < -0.3 is 30.3 Å². The molecule has 0 aliphatic carbocycles. The molecule has 0 bridgehead atoms. The molecule has 0 saturated carbocycles. The molecule has 1 aliphatic heterocycles. The smallest absolute Gasteiger partial charge is 0.345 e. The number of aliphatic imine (C=N–C) groups is 1. The summed E-state index contributed by atoms with van der Waals surface area (Å²) in [6.07, 6.45) is 0.612. The lowest BCUT2D eigenvalue weighted by Crippen LogP contribution is -2.37. The molecule has 0 amide bonds. The van der Waals surface area contributed by atoms with E-state index in [0.717, 1.165) is 5.56 Å². The molecule has 1 unspecified atom stereocenters. The Kier molecular flexibility index (Phi) is 11.1. The number of aliphatic hydroxyl groups excluding tert-OH is 1. The average Bonchev–Trinajstić information content (AvgIpc) is 3.19. The van der Waals surface area contributed by atoms with Crippen molar-refractivity contribution in [2.75, 3.05) is 31.6 Å². The van der Waals surface area contributed by atoms with Crippen LogP contribution in [0.2, 0.25) is 0 Å². The van der Waals surface area contributed by atoms with Crippen LogP contribution in [0.5, 0.6) is 11.5 Å². The second-order valence-corrected chi connectivity index (χ2v) is 10.3. The van der Waals surface area contributed by atoms with Crippen molar-refractivity contribution in [1.82, 2.24) is 10.0 Å².